The molecule has 244 valence electrons. The van der Waals surface area contributed by atoms with Crippen molar-refractivity contribution in [3.63, 3.8) is 0 Å². The van der Waals surface area contributed by atoms with Gasteiger partial charge in [0, 0.05) is 79.9 Å². The molecular formula is C34H35F3N8O2. The van der Waals surface area contributed by atoms with Crippen molar-refractivity contribution >= 4 is 28.4 Å². The van der Waals surface area contributed by atoms with Gasteiger partial charge in [-0.25, -0.2) is 9.97 Å². The highest BCUT2D eigenvalue weighted by atomic mass is 19.4. The summed E-state index contributed by atoms with van der Waals surface area (Å²) < 4.78 is 50.2. The number of hydrogen-bond donors (Lipinski definition) is 2. The van der Waals surface area contributed by atoms with E-state index >= 15 is 0 Å². The molecule has 0 radical (unpaired) electrons. The number of benzene rings is 3. The molecule has 0 bridgehead atoms. The number of anilines is 2. The molecule has 1 amide bonds. The molecule has 1 saturated heterocycles. The van der Waals surface area contributed by atoms with E-state index in [-0.39, 0.29) is 29.3 Å². The maximum Gasteiger partial charge on any atom is 0.416 e. The van der Waals surface area contributed by atoms with Crippen molar-refractivity contribution < 1.29 is 22.7 Å². The molecule has 0 unspecified atom stereocenters. The SMILES string of the molecule is COc1c(-c2cc(C(=O)Nc3ccc(CN4CCN(C)CC4)c(C(F)(F)F)c3)ccc2C)cc2cnc(N)nc2c1-c1cnn(C)c1. The Hall–Kier alpha value is -5.01. The van der Waals surface area contributed by atoms with Gasteiger partial charge in [-0.05, 0) is 61.0 Å². The summed E-state index contributed by atoms with van der Waals surface area (Å²) in [5.74, 6) is 0.0536. The van der Waals surface area contributed by atoms with E-state index < -0.39 is 17.6 Å². The van der Waals surface area contributed by atoms with Crippen LogP contribution in [0.2, 0.25) is 0 Å². The maximum absolute atomic E-state index is 14.2. The number of alkyl halides is 3. The van der Waals surface area contributed by atoms with Crippen molar-refractivity contribution in [3.05, 3.63) is 83.3 Å². The normalized spacial score (nSPS) is 14.4. The molecule has 3 heterocycles. The Kier molecular flexibility index (Phi) is 8.60. The topological polar surface area (TPSA) is 114 Å². The van der Waals surface area contributed by atoms with Gasteiger partial charge in [-0.15, -0.1) is 0 Å². The number of amides is 1. The second-order valence-corrected chi connectivity index (χ2v) is 11.8. The lowest BCUT2D eigenvalue weighted by Gasteiger charge is -2.33. The first-order valence-corrected chi connectivity index (χ1v) is 15.1. The summed E-state index contributed by atoms with van der Waals surface area (Å²) in [5, 5.41) is 7.68. The van der Waals surface area contributed by atoms with Gasteiger partial charge in [0.2, 0.25) is 5.95 Å². The number of ether oxygens (including phenoxy) is 1. The van der Waals surface area contributed by atoms with Crippen LogP contribution in [-0.2, 0) is 19.8 Å². The van der Waals surface area contributed by atoms with Crippen LogP contribution >= 0.6 is 0 Å². The molecule has 6 rings (SSSR count). The minimum atomic E-state index is -4.58. The van der Waals surface area contributed by atoms with Crippen molar-refractivity contribution in [2.24, 2.45) is 7.05 Å². The van der Waals surface area contributed by atoms with E-state index in [0.717, 1.165) is 30.3 Å². The average Bonchev–Trinajstić information content (AvgIpc) is 3.47. The molecule has 47 heavy (non-hydrogen) atoms. The molecule has 0 saturated carbocycles. The number of fused-ring (bicyclic) bond motifs is 1. The third-order valence-electron chi connectivity index (χ3n) is 8.49. The Morgan fingerprint density at radius 3 is 2.47 bits per heavy atom. The number of rotatable bonds is 7. The highest BCUT2D eigenvalue weighted by Crippen LogP contribution is 2.44. The maximum atomic E-state index is 14.2. The quantitative estimate of drug-likeness (QED) is 0.235. The highest BCUT2D eigenvalue weighted by Gasteiger charge is 2.34. The Morgan fingerprint density at radius 1 is 1.02 bits per heavy atom. The number of aryl methyl sites for hydroxylation is 2. The van der Waals surface area contributed by atoms with Crippen LogP contribution in [-0.4, -0.2) is 75.8 Å². The van der Waals surface area contributed by atoms with E-state index in [0.29, 0.717) is 46.4 Å². The van der Waals surface area contributed by atoms with E-state index in [1.54, 1.807) is 49.4 Å². The third kappa shape index (κ3) is 6.62. The van der Waals surface area contributed by atoms with Crippen LogP contribution in [0.3, 0.4) is 0 Å². The van der Waals surface area contributed by atoms with Crippen molar-refractivity contribution in [3.8, 4) is 28.0 Å². The molecule has 0 spiro atoms. The summed E-state index contributed by atoms with van der Waals surface area (Å²) in [6.45, 7) is 5.06. The number of hydrogen-bond acceptors (Lipinski definition) is 8. The van der Waals surface area contributed by atoms with Gasteiger partial charge in [-0.3, -0.25) is 14.4 Å². The minimum absolute atomic E-state index is 0.0588. The van der Waals surface area contributed by atoms with Gasteiger partial charge >= 0.3 is 6.18 Å². The number of nitrogen functional groups attached to an aromatic ring is 1. The predicted octanol–water partition coefficient (Wildman–Crippen LogP) is 5.62. The van der Waals surface area contributed by atoms with Gasteiger partial charge in [0.25, 0.3) is 5.91 Å². The van der Waals surface area contributed by atoms with Crippen LogP contribution in [0.15, 0.2) is 61.1 Å². The van der Waals surface area contributed by atoms with Gasteiger partial charge in [-0.1, -0.05) is 12.1 Å². The summed E-state index contributed by atoms with van der Waals surface area (Å²) in [6, 6.07) is 11.0. The Bertz CT molecular complexity index is 1970. The van der Waals surface area contributed by atoms with Crippen LogP contribution in [0.1, 0.15) is 27.0 Å². The van der Waals surface area contributed by atoms with Crippen LogP contribution in [0, 0.1) is 6.92 Å². The van der Waals surface area contributed by atoms with Crippen molar-refractivity contribution in [2.75, 3.05) is 51.4 Å². The average molecular weight is 645 g/mol. The number of nitrogens with two attached hydrogens (primary N) is 1. The molecule has 0 atom stereocenters. The molecule has 1 fully saturated rings. The van der Waals surface area contributed by atoms with Gasteiger partial charge in [-0.2, -0.15) is 18.3 Å². The van der Waals surface area contributed by atoms with Crippen molar-refractivity contribution in [1.82, 2.24) is 29.5 Å². The minimum Gasteiger partial charge on any atom is -0.495 e. The zero-order valence-electron chi connectivity index (χ0n) is 26.5. The van der Waals surface area contributed by atoms with E-state index in [1.165, 1.54) is 12.1 Å². The molecule has 5 aromatic rings. The molecule has 13 heteroatoms. The molecule has 3 N–H and O–H groups in total. The summed E-state index contributed by atoms with van der Waals surface area (Å²) in [7, 11) is 5.35. The monoisotopic (exact) mass is 644 g/mol. The number of nitrogens with zero attached hydrogens (tertiary/aromatic N) is 6. The van der Waals surface area contributed by atoms with Crippen LogP contribution < -0.4 is 15.8 Å². The first kappa shape index (κ1) is 32.0. The van der Waals surface area contributed by atoms with Crippen LogP contribution in [0.5, 0.6) is 5.75 Å². The fourth-order valence-corrected chi connectivity index (χ4v) is 5.96. The van der Waals surface area contributed by atoms with E-state index in [1.807, 2.05) is 31.1 Å². The zero-order valence-corrected chi connectivity index (χ0v) is 26.5. The third-order valence-corrected chi connectivity index (χ3v) is 8.49. The molecule has 3 aromatic carbocycles. The first-order chi connectivity index (χ1) is 22.4. The lowest BCUT2D eigenvalue weighted by atomic mass is 9.92. The lowest BCUT2D eigenvalue weighted by molar-refractivity contribution is -0.138. The number of likely N-dealkylation sites (N-methyl/N-ethyl adjacent to an activating group) is 1. The number of piperazine rings is 1. The van der Waals surface area contributed by atoms with Gasteiger partial charge in [0.1, 0.15) is 5.75 Å². The smallest absolute Gasteiger partial charge is 0.416 e. The molecule has 0 aliphatic carbocycles. The fourth-order valence-electron chi connectivity index (χ4n) is 5.96. The molecule has 1 aliphatic rings. The van der Waals surface area contributed by atoms with Gasteiger partial charge in [0.15, 0.2) is 0 Å². The van der Waals surface area contributed by atoms with E-state index in [9.17, 15) is 18.0 Å². The summed E-state index contributed by atoms with van der Waals surface area (Å²) in [5.41, 5.74) is 9.89. The number of nitrogens with one attached hydrogen (secondary N) is 1. The summed E-state index contributed by atoms with van der Waals surface area (Å²) in [6.07, 6.45) is 0.577. The lowest BCUT2D eigenvalue weighted by Crippen LogP contribution is -2.44. The van der Waals surface area contributed by atoms with Gasteiger partial charge < -0.3 is 20.7 Å². The van der Waals surface area contributed by atoms with E-state index in [4.69, 9.17) is 10.5 Å². The Labute approximate surface area is 270 Å². The van der Waals surface area contributed by atoms with Crippen LogP contribution in [0.4, 0.5) is 24.8 Å². The zero-order chi connectivity index (χ0) is 33.5. The highest BCUT2D eigenvalue weighted by molar-refractivity contribution is 6.06. The van der Waals surface area contributed by atoms with Crippen molar-refractivity contribution in [1.29, 1.82) is 0 Å². The number of carbonyl (C=O) groups excluding carboxylic acids is 1. The van der Waals surface area contributed by atoms with E-state index in [2.05, 4.69) is 25.3 Å². The molecule has 2 aromatic heterocycles. The van der Waals surface area contributed by atoms with Crippen LogP contribution in [0.25, 0.3) is 33.2 Å². The largest absolute Gasteiger partial charge is 0.495 e. The second kappa shape index (κ2) is 12.6. The first-order valence-electron chi connectivity index (χ1n) is 15.1. The Balaban J connectivity index is 1.35. The molecular weight excluding hydrogens is 609 g/mol. The van der Waals surface area contributed by atoms with Gasteiger partial charge in [0.05, 0.1) is 30.0 Å². The number of halogens is 3. The van der Waals surface area contributed by atoms with Crippen molar-refractivity contribution in [2.45, 2.75) is 19.6 Å². The number of carbonyl (C=O) groups is 1. The number of methoxy groups -OCH3 is 1. The second-order valence-electron chi connectivity index (χ2n) is 11.8. The summed E-state index contributed by atoms with van der Waals surface area (Å²) >= 11 is 0. The number of aromatic nitrogens is 4. The summed E-state index contributed by atoms with van der Waals surface area (Å²) in [4.78, 5) is 26.3. The standard InChI is InChI=1S/C34H35F3N8O2/c1-20-5-6-21(32(46)41-25-8-7-22(28(15-25)34(35,36)37)19-45-11-9-43(2)10-12-45)13-26(20)27-14-23-16-39-33(38)42-30(23)29(31(27)47-4)24-17-40-44(3)18-24/h5-8,13-18H,9-12,19H2,1-4H3,(H,41,46)(H2,38,39,42). The molecule has 10 nitrogen and oxygen atoms in total. The predicted molar refractivity (Wildman–Crippen MR) is 175 cm³/mol. The molecule has 1 aliphatic heterocycles. The Morgan fingerprint density at radius 2 is 1.79 bits per heavy atom. The fraction of sp³-hybridized carbons (Fsp3) is 0.294.